The van der Waals surface area contributed by atoms with Crippen LogP contribution in [0.5, 0.6) is 0 Å². The van der Waals surface area contributed by atoms with Gasteiger partial charge in [-0.25, -0.2) is 0 Å². The molecule has 3 aliphatic rings. The van der Waals surface area contributed by atoms with Crippen LogP contribution in [0.4, 0.5) is 0 Å². The molecule has 0 aromatic heterocycles. The van der Waals surface area contributed by atoms with Crippen molar-refractivity contribution in [1.82, 2.24) is 0 Å². The lowest BCUT2D eigenvalue weighted by molar-refractivity contribution is 0.120. The summed E-state index contributed by atoms with van der Waals surface area (Å²) in [6.45, 7) is 13.9. The van der Waals surface area contributed by atoms with Gasteiger partial charge in [-0.1, -0.05) is 76.1 Å². The van der Waals surface area contributed by atoms with E-state index in [-0.39, 0.29) is 0 Å². The van der Waals surface area contributed by atoms with Gasteiger partial charge < -0.3 is 0 Å². The molecule has 0 nitrogen and oxygen atoms in total. The summed E-state index contributed by atoms with van der Waals surface area (Å²) in [6.07, 6.45) is 23.6. The van der Waals surface area contributed by atoms with E-state index in [1.807, 2.05) is 0 Å². The van der Waals surface area contributed by atoms with Crippen LogP contribution in [-0.4, -0.2) is 0 Å². The first kappa shape index (κ1) is 20.7. The molecule has 0 bridgehead atoms. The van der Waals surface area contributed by atoms with E-state index in [1.165, 1.54) is 75.4 Å². The Kier molecular flexibility index (Phi) is 6.88. The molecule has 0 spiro atoms. The SMILES string of the molecule is C=C1CCCC/C1=C/C=C1\CCCC2([C@H](C)/C=C/C(C)C(C)C)CCCC12. The largest absolute Gasteiger partial charge is 0.0956 e. The zero-order chi connectivity index (χ0) is 19.4. The average molecular weight is 367 g/mol. The summed E-state index contributed by atoms with van der Waals surface area (Å²) < 4.78 is 0. The van der Waals surface area contributed by atoms with Crippen molar-refractivity contribution in [3.8, 4) is 0 Å². The first-order valence-electron chi connectivity index (χ1n) is 11.7. The van der Waals surface area contributed by atoms with Crippen LogP contribution in [0.25, 0.3) is 0 Å². The molecule has 150 valence electrons. The van der Waals surface area contributed by atoms with Gasteiger partial charge in [0.2, 0.25) is 0 Å². The second kappa shape index (κ2) is 8.97. The summed E-state index contributed by atoms with van der Waals surface area (Å²) in [5.41, 5.74) is 5.20. The van der Waals surface area contributed by atoms with Crippen LogP contribution in [0.3, 0.4) is 0 Å². The summed E-state index contributed by atoms with van der Waals surface area (Å²) in [6, 6.07) is 0. The molecule has 0 heterocycles. The topological polar surface area (TPSA) is 0 Å². The second-order valence-corrected chi connectivity index (χ2v) is 10.1. The van der Waals surface area contributed by atoms with Gasteiger partial charge in [0, 0.05) is 0 Å². The van der Waals surface area contributed by atoms with Gasteiger partial charge in [-0.05, 0) is 92.4 Å². The van der Waals surface area contributed by atoms with Gasteiger partial charge in [0.25, 0.3) is 0 Å². The predicted octanol–water partition coefficient (Wildman–Crippen LogP) is 8.42. The molecule has 3 unspecified atom stereocenters. The Morgan fingerprint density at radius 3 is 2.37 bits per heavy atom. The Bertz CT molecular complexity index is 614. The van der Waals surface area contributed by atoms with Gasteiger partial charge in [0.05, 0.1) is 0 Å². The maximum Gasteiger partial charge on any atom is -0.0138 e. The number of rotatable bonds is 5. The van der Waals surface area contributed by atoms with Crippen molar-refractivity contribution in [3.05, 3.63) is 47.6 Å². The van der Waals surface area contributed by atoms with Crippen molar-refractivity contribution < 1.29 is 0 Å². The van der Waals surface area contributed by atoms with Crippen LogP contribution in [0.2, 0.25) is 0 Å². The normalized spacial score (nSPS) is 34.6. The summed E-state index contributed by atoms with van der Waals surface area (Å²) in [4.78, 5) is 0. The molecule has 0 aromatic carbocycles. The van der Waals surface area contributed by atoms with Gasteiger partial charge in [-0.2, -0.15) is 0 Å². The standard InChI is InChI=1S/C27H42/c1-20(2)21(3)14-15-23(5)27-18-8-12-25(26(27)13-9-19-27)17-16-24-11-7-6-10-22(24)4/h14-17,20-21,23,26H,4,6-13,18-19H2,1-3,5H3/b15-14+,24-16-,25-17+/t21?,23-,26?,27?/m1/s1. The third-order valence-electron chi connectivity index (χ3n) is 8.17. The molecule has 0 aromatic rings. The van der Waals surface area contributed by atoms with Gasteiger partial charge >= 0.3 is 0 Å². The zero-order valence-corrected chi connectivity index (χ0v) is 18.4. The highest BCUT2D eigenvalue weighted by Gasteiger charge is 2.48. The molecule has 4 atom stereocenters. The van der Waals surface area contributed by atoms with Crippen LogP contribution in [0, 0.1) is 29.1 Å². The van der Waals surface area contributed by atoms with E-state index in [0.29, 0.717) is 17.3 Å². The van der Waals surface area contributed by atoms with Crippen molar-refractivity contribution in [2.75, 3.05) is 0 Å². The zero-order valence-electron chi connectivity index (χ0n) is 18.4. The Labute approximate surface area is 168 Å². The van der Waals surface area contributed by atoms with Gasteiger partial charge in [-0.15, -0.1) is 0 Å². The number of hydrogen-bond acceptors (Lipinski definition) is 0. The molecule has 0 amide bonds. The van der Waals surface area contributed by atoms with Crippen LogP contribution in [-0.2, 0) is 0 Å². The van der Waals surface area contributed by atoms with Crippen LogP contribution >= 0.6 is 0 Å². The lowest BCUT2D eigenvalue weighted by Gasteiger charge is -2.45. The molecule has 0 N–H and O–H groups in total. The highest BCUT2D eigenvalue weighted by Crippen LogP contribution is 2.58. The summed E-state index contributed by atoms with van der Waals surface area (Å²) in [5.74, 6) is 2.94. The highest BCUT2D eigenvalue weighted by molar-refractivity contribution is 5.35. The molecule has 0 heteroatoms. The van der Waals surface area contributed by atoms with Crippen LogP contribution < -0.4 is 0 Å². The Balaban J connectivity index is 1.79. The maximum absolute atomic E-state index is 4.32. The Morgan fingerprint density at radius 1 is 0.889 bits per heavy atom. The van der Waals surface area contributed by atoms with Crippen molar-refractivity contribution in [1.29, 1.82) is 0 Å². The smallest absolute Gasteiger partial charge is 0.0138 e. The van der Waals surface area contributed by atoms with E-state index >= 15 is 0 Å². The summed E-state index contributed by atoms with van der Waals surface area (Å²) in [7, 11) is 0. The number of hydrogen-bond donors (Lipinski definition) is 0. The fourth-order valence-electron chi connectivity index (χ4n) is 5.87. The molecular formula is C27H42. The highest BCUT2D eigenvalue weighted by atomic mass is 14.5. The maximum atomic E-state index is 4.32. The third-order valence-corrected chi connectivity index (χ3v) is 8.17. The van der Waals surface area contributed by atoms with E-state index < -0.39 is 0 Å². The van der Waals surface area contributed by atoms with Gasteiger partial charge in [0.15, 0.2) is 0 Å². The minimum absolute atomic E-state index is 0.527. The lowest BCUT2D eigenvalue weighted by Crippen LogP contribution is -2.36. The van der Waals surface area contributed by atoms with E-state index in [1.54, 1.807) is 5.57 Å². The minimum atomic E-state index is 0.527. The first-order valence-corrected chi connectivity index (χ1v) is 11.7. The predicted molar refractivity (Wildman–Crippen MR) is 120 cm³/mol. The van der Waals surface area contributed by atoms with Crippen molar-refractivity contribution >= 4 is 0 Å². The summed E-state index contributed by atoms with van der Waals surface area (Å²) in [5, 5.41) is 0. The van der Waals surface area contributed by atoms with Crippen LogP contribution in [0.15, 0.2) is 47.6 Å². The van der Waals surface area contributed by atoms with Gasteiger partial charge in [-0.3, -0.25) is 0 Å². The fourth-order valence-corrected chi connectivity index (χ4v) is 5.87. The number of fused-ring (bicyclic) bond motifs is 1. The molecule has 0 aliphatic heterocycles. The molecule has 3 rings (SSSR count). The van der Waals surface area contributed by atoms with Crippen molar-refractivity contribution in [2.24, 2.45) is 29.1 Å². The molecule has 27 heavy (non-hydrogen) atoms. The molecule has 3 fully saturated rings. The third kappa shape index (κ3) is 4.52. The molecule has 3 aliphatic carbocycles. The van der Waals surface area contributed by atoms with E-state index in [2.05, 4.69) is 58.6 Å². The van der Waals surface area contributed by atoms with Gasteiger partial charge in [0.1, 0.15) is 0 Å². The first-order chi connectivity index (χ1) is 12.9. The molecule has 0 radical (unpaired) electrons. The van der Waals surface area contributed by atoms with Crippen molar-refractivity contribution in [2.45, 2.75) is 91.9 Å². The molecular weight excluding hydrogens is 324 g/mol. The fraction of sp³-hybridized carbons (Fsp3) is 0.704. The lowest BCUT2D eigenvalue weighted by atomic mass is 9.60. The van der Waals surface area contributed by atoms with Crippen LogP contribution in [0.1, 0.15) is 91.9 Å². The Morgan fingerprint density at radius 2 is 1.63 bits per heavy atom. The summed E-state index contributed by atoms with van der Waals surface area (Å²) >= 11 is 0. The minimum Gasteiger partial charge on any atom is -0.0956 e. The number of allylic oxidation sites excluding steroid dienone is 7. The van der Waals surface area contributed by atoms with E-state index in [4.69, 9.17) is 0 Å². The monoisotopic (exact) mass is 366 g/mol. The average Bonchev–Trinajstić information content (AvgIpc) is 3.11. The Hall–Kier alpha value is -1.04. The van der Waals surface area contributed by atoms with Crippen molar-refractivity contribution in [3.63, 3.8) is 0 Å². The molecule has 0 saturated heterocycles. The van der Waals surface area contributed by atoms with E-state index in [0.717, 1.165) is 11.8 Å². The van der Waals surface area contributed by atoms with E-state index in [9.17, 15) is 0 Å². The second-order valence-electron chi connectivity index (χ2n) is 10.1. The molecule has 3 saturated carbocycles. The quantitative estimate of drug-likeness (QED) is 0.428.